The van der Waals surface area contributed by atoms with Crippen LogP contribution in [0.2, 0.25) is 0 Å². The van der Waals surface area contributed by atoms with Crippen molar-refractivity contribution in [3.63, 3.8) is 0 Å². The molecule has 3 rings (SSSR count). The van der Waals surface area contributed by atoms with Crippen LogP contribution < -0.4 is 5.01 Å². The summed E-state index contributed by atoms with van der Waals surface area (Å²) in [5.74, 6) is -0.256. The Labute approximate surface area is 117 Å². The van der Waals surface area contributed by atoms with Crippen LogP contribution in [0.3, 0.4) is 0 Å². The Bertz CT molecular complexity index is 662. The molecule has 0 aliphatic carbocycles. The van der Waals surface area contributed by atoms with Gasteiger partial charge in [0, 0.05) is 18.0 Å². The van der Waals surface area contributed by atoms with Gasteiger partial charge in [-0.3, -0.25) is 9.78 Å². The summed E-state index contributed by atoms with van der Waals surface area (Å²) in [5, 5.41) is 5.96. The van der Waals surface area contributed by atoms with Gasteiger partial charge in [0.1, 0.15) is 0 Å². The molecule has 1 unspecified atom stereocenters. The monoisotopic (exact) mass is 265 g/mol. The average Bonchev–Trinajstić information content (AvgIpc) is 2.77. The Morgan fingerprint density at radius 2 is 1.90 bits per heavy atom. The van der Waals surface area contributed by atoms with Crippen LogP contribution in [0.1, 0.15) is 18.1 Å². The molecular formula is C16H15N3O. The van der Waals surface area contributed by atoms with E-state index in [1.165, 1.54) is 5.01 Å². The Hall–Kier alpha value is -2.49. The van der Waals surface area contributed by atoms with Crippen molar-refractivity contribution in [1.82, 2.24) is 4.98 Å². The van der Waals surface area contributed by atoms with Crippen LogP contribution in [-0.2, 0) is 4.79 Å². The van der Waals surface area contributed by atoms with Crippen LogP contribution in [0, 0.1) is 12.8 Å². The normalized spacial score (nSPS) is 18.3. The van der Waals surface area contributed by atoms with Gasteiger partial charge in [-0.1, -0.05) is 17.7 Å². The molecule has 20 heavy (non-hydrogen) atoms. The van der Waals surface area contributed by atoms with Crippen molar-refractivity contribution in [1.29, 1.82) is 0 Å². The molecule has 4 heteroatoms. The number of amides is 1. The predicted octanol–water partition coefficient (Wildman–Crippen LogP) is 2.78. The van der Waals surface area contributed by atoms with Crippen molar-refractivity contribution in [2.75, 3.05) is 5.01 Å². The SMILES string of the molecule is Cc1ccc(N2N=C(c3cccnc3)C(C)C2=O)cc1. The maximum atomic E-state index is 12.4. The Kier molecular flexibility index (Phi) is 3.06. The van der Waals surface area contributed by atoms with E-state index in [4.69, 9.17) is 0 Å². The number of aryl methyl sites for hydroxylation is 1. The first kappa shape index (κ1) is 12.5. The van der Waals surface area contributed by atoms with E-state index in [-0.39, 0.29) is 11.8 Å². The summed E-state index contributed by atoms with van der Waals surface area (Å²) in [5.41, 5.74) is 3.61. The molecule has 2 aromatic rings. The molecule has 1 aliphatic rings. The first-order valence-corrected chi connectivity index (χ1v) is 6.56. The molecule has 0 bridgehead atoms. The lowest BCUT2D eigenvalue weighted by molar-refractivity contribution is -0.119. The fraction of sp³-hybridized carbons (Fsp3) is 0.188. The molecule has 0 saturated heterocycles. The van der Waals surface area contributed by atoms with Crippen molar-refractivity contribution in [3.8, 4) is 0 Å². The van der Waals surface area contributed by atoms with Gasteiger partial charge in [0.2, 0.25) is 0 Å². The minimum Gasteiger partial charge on any atom is -0.272 e. The molecule has 0 saturated carbocycles. The van der Waals surface area contributed by atoms with Gasteiger partial charge in [-0.2, -0.15) is 10.1 Å². The molecule has 100 valence electrons. The highest BCUT2D eigenvalue weighted by Gasteiger charge is 2.33. The van der Waals surface area contributed by atoms with Crippen LogP contribution in [0.5, 0.6) is 0 Å². The van der Waals surface area contributed by atoms with Gasteiger partial charge in [-0.25, -0.2) is 0 Å². The van der Waals surface area contributed by atoms with Gasteiger partial charge < -0.3 is 0 Å². The minimum absolute atomic E-state index is 0.00675. The van der Waals surface area contributed by atoms with E-state index in [1.54, 1.807) is 12.4 Å². The van der Waals surface area contributed by atoms with Crippen molar-refractivity contribution < 1.29 is 4.79 Å². The van der Waals surface area contributed by atoms with E-state index in [9.17, 15) is 4.79 Å². The summed E-state index contributed by atoms with van der Waals surface area (Å²) in [6.07, 6.45) is 3.45. The molecule has 1 aromatic carbocycles. The van der Waals surface area contributed by atoms with Crippen LogP contribution in [0.25, 0.3) is 0 Å². The Balaban J connectivity index is 1.99. The molecule has 4 nitrogen and oxygen atoms in total. The van der Waals surface area contributed by atoms with Gasteiger partial charge in [-0.15, -0.1) is 0 Å². The third-order valence-corrected chi connectivity index (χ3v) is 3.43. The minimum atomic E-state index is -0.250. The summed E-state index contributed by atoms with van der Waals surface area (Å²) >= 11 is 0. The molecule has 0 spiro atoms. The first-order chi connectivity index (χ1) is 9.66. The van der Waals surface area contributed by atoms with Crippen molar-refractivity contribution in [3.05, 3.63) is 59.9 Å². The third-order valence-electron chi connectivity index (χ3n) is 3.43. The first-order valence-electron chi connectivity index (χ1n) is 6.56. The predicted molar refractivity (Wildman–Crippen MR) is 78.6 cm³/mol. The van der Waals surface area contributed by atoms with Gasteiger partial charge in [-0.05, 0) is 38.1 Å². The fourth-order valence-electron chi connectivity index (χ4n) is 2.24. The van der Waals surface area contributed by atoms with Crippen LogP contribution in [0.4, 0.5) is 5.69 Å². The number of anilines is 1. The highest BCUT2D eigenvalue weighted by molar-refractivity contribution is 6.21. The number of nitrogens with zero attached hydrogens (tertiary/aromatic N) is 3. The van der Waals surface area contributed by atoms with Crippen molar-refractivity contribution >= 4 is 17.3 Å². The highest BCUT2D eigenvalue weighted by atomic mass is 16.2. The van der Waals surface area contributed by atoms with Crippen molar-refractivity contribution in [2.45, 2.75) is 13.8 Å². The molecule has 2 heterocycles. The summed E-state index contributed by atoms with van der Waals surface area (Å²) in [7, 11) is 0. The van der Waals surface area contributed by atoms with Crippen LogP contribution in [0.15, 0.2) is 53.9 Å². The van der Waals surface area contributed by atoms with Gasteiger partial charge >= 0.3 is 0 Å². The summed E-state index contributed by atoms with van der Waals surface area (Å²) < 4.78 is 0. The number of benzene rings is 1. The van der Waals surface area contributed by atoms with Gasteiger partial charge in [0.15, 0.2) is 0 Å². The molecule has 1 atom stereocenters. The Morgan fingerprint density at radius 1 is 1.15 bits per heavy atom. The molecule has 1 amide bonds. The topological polar surface area (TPSA) is 45.6 Å². The number of carbonyl (C=O) groups excluding carboxylic acids is 1. The quantitative estimate of drug-likeness (QED) is 0.838. The molecule has 0 radical (unpaired) electrons. The zero-order valence-electron chi connectivity index (χ0n) is 11.4. The maximum absolute atomic E-state index is 12.4. The Morgan fingerprint density at radius 3 is 2.55 bits per heavy atom. The zero-order valence-corrected chi connectivity index (χ0v) is 11.4. The molecule has 0 N–H and O–H groups in total. The summed E-state index contributed by atoms with van der Waals surface area (Å²) in [6, 6.07) is 11.6. The third kappa shape index (κ3) is 2.09. The van der Waals surface area contributed by atoms with E-state index in [0.29, 0.717) is 0 Å². The maximum Gasteiger partial charge on any atom is 0.256 e. The van der Waals surface area contributed by atoms with Crippen molar-refractivity contribution in [2.24, 2.45) is 11.0 Å². The van der Waals surface area contributed by atoms with Crippen LogP contribution in [-0.4, -0.2) is 16.6 Å². The number of hydrogen-bond donors (Lipinski definition) is 0. The fourth-order valence-corrected chi connectivity index (χ4v) is 2.24. The van der Waals surface area contributed by atoms with E-state index in [0.717, 1.165) is 22.5 Å². The second-order valence-corrected chi connectivity index (χ2v) is 4.93. The molecule has 0 fully saturated rings. The second-order valence-electron chi connectivity index (χ2n) is 4.93. The lowest BCUT2D eigenvalue weighted by Crippen LogP contribution is -2.25. The van der Waals surface area contributed by atoms with Gasteiger partial charge in [0.05, 0.1) is 17.3 Å². The number of pyridine rings is 1. The number of aromatic nitrogens is 1. The number of hydrogen-bond acceptors (Lipinski definition) is 3. The van der Waals surface area contributed by atoms with Crippen LogP contribution >= 0.6 is 0 Å². The summed E-state index contributed by atoms with van der Waals surface area (Å²) in [4.78, 5) is 16.5. The number of hydrazone groups is 1. The number of rotatable bonds is 2. The number of carbonyl (C=O) groups is 1. The largest absolute Gasteiger partial charge is 0.272 e. The molecular weight excluding hydrogens is 250 g/mol. The standard InChI is InChI=1S/C16H15N3O/c1-11-5-7-14(8-6-11)19-16(20)12(2)15(18-19)13-4-3-9-17-10-13/h3-10,12H,1-2H3. The lowest BCUT2D eigenvalue weighted by Gasteiger charge is -2.12. The van der Waals surface area contributed by atoms with Gasteiger partial charge in [0.25, 0.3) is 5.91 Å². The molecule has 1 aliphatic heterocycles. The van der Waals surface area contributed by atoms with E-state index >= 15 is 0 Å². The average molecular weight is 265 g/mol. The van der Waals surface area contributed by atoms with E-state index < -0.39 is 0 Å². The van der Waals surface area contributed by atoms with E-state index in [2.05, 4.69) is 10.1 Å². The lowest BCUT2D eigenvalue weighted by atomic mass is 10.0. The highest BCUT2D eigenvalue weighted by Crippen LogP contribution is 2.26. The molecule has 1 aromatic heterocycles. The smallest absolute Gasteiger partial charge is 0.256 e. The summed E-state index contributed by atoms with van der Waals surface area (Å²) in [6.45, 7) is 3.89. The zero-order chi connectivity index (χ0) is 14.1. The second kappa shape index (κ2) is 4.89. The van der Waals surface area contributed by atoms with E-state index in [1.807, 2.05) is 50.2 Å².